The molecule has 6 rings (SSSR count). The smallest absolute Gasteiger partial charge is 0.329 e. The second-order valence-corrected chi connectivity index (χ2v) is 16.2. The van der Waals surface area contributed by atoms with E-state index in [0.717, 1.165) is 22.4 Å². The van der Waals surface area contributed by atoms with Crippen molar-refractivity contribution in [1.82, 2.24) is 30.6 Å². The molecule has 0 fully saturated rings. The number of thioether (sulfide) groups is 1. The Kier molecular flexibility index (Phi) is 13.8. The Morgan fingerprint density at radius 3 is 2.10 bits per heavy atom. The number of carbonyl (C=O) groups is 3. The van der Waals surface area contributed by atoms with Gasteiger partial charge in [-0.25, -0.2) is 14.8 Å². The number of nitrogens with one attached hydrogen (secondary N) is 4. The molecule has 0 aliphatic rings. The van der Waals surface area contributed by atoms with E-state index in [1.165, 1.54) is 6.20 Å². The van der Waals surface area contributed by atoms with Crippen LogP contribution in [0.3, 0.4) is 0 Å². The van der Waals surface area contributed by atoms with Crippen molar-refractivity contribution in [2.45, 2.75) is 56.5 Å². The molecule has 60 heavy (non-hydrogen) atoms. The Morgan fingerprint density at radius 1 is 0.850 bits per heavy atom. The lowest BCUT2D eigenvalue weighted by Gasteiger charge is -2.35. The van der Waals surface area contributed by atoms with Gasteiger partial charge in [-0.3, -0.25) is 19.4 Å². The van der Waals surface area contributed by atoms with Crippen molar-refractivity contribution in [3.05, 3.63) is 154 Å². The summed E-state index contributed by atoms with van der Waals surface area (Å²) in [6.45, 7) is 5.83. The van der Waals surface area contributed by atoms with Crippen LogP contribution >= 0.6 is 11.8 Å². The minimum absolute atomic E-state index is 0.0221. The Hall–Kier alpha value is -6.74. The third kappa shape index (κ3) is 10.8. The van der Waals surface area contributed by atoms with E-state index in [1.54, 1.807) is 63.9 Å². The number of carbonyl (C=O) groups excluding carboxylic acids is 3. The molecular weight excluding hydrogens is 781 g/mol. The number of rotatable bonds is 17. The molecule has 6 aromatic rings. The van der Waals surface area contributed by atoms with Crippen molar-refractivity contribution in [2.75, 3.05) is 30.5 Å². The van der Waals surface area contributed by atoms with E-state index in [0.29, 0.717) is 29.2 Å². The van der Waals surface area contributed by atoms with E-state index in [1.807, 2.05) is 48.5 Å². The molecule has 0 radical (unpaired) electrons. The van der Waals surface area contributed by atoms with Crippen LogP contribution in [0.5, 0.6) is 5.75 Å². The van der Waals surface area contributed by atoms with Gasteiger partial charge in [0.25, 0.3) is 11.5 Å². The molecule has 0 aliphatic carbocycles. The quantitative estimate of drug-likeness (QED) is 0.0410. The molecule has 2 heterocycles. The predicted molar refractivity (Wildman–Crippen MR) is 234 cm³/mol. The molecule has 0 spiro atoms. The van der Waals surface area contributed by atoms with Crippen molar-refractivity contribution in [3.8, 4) is 5.75 Å². The lowest BCUT2D eigenvalue weighted by molar-refractivity contribution is -0.157. The predicted octanol–water partition coefficient (Wildman–Crippen LogP) is 5.98. The van der Waals surface area contributed by atoms with Gasteiger partial charge >= 0.3 is 5.97 Å². The lowest BCUT2D eigenvalue weighted by atomic mass is 9.84. The number of anilines is 2. The maximum Gasteiger partial charge on any atom is 0.329 e. The van der Waals surface area contributed by atoms with Gasteiger partial charge in [0.15, 0.2) is 11.2 Å². The number of benzene rings is 4. The number of nitrogens with two attached hydrogens (primary N) is 1. The molecule has 310 valence electrons. The van der Waals surface area contributed by atoms with E-state index in [4.69, 9.17) is 15.2 Å². The zero-order valence-electron chi connectivity index (χ0n) is 33.9. The average Bonchev–Trinajstić information content (AvgIpc) is 3.24. The van der Waals surface area contributed by atoms with Crippen LogP contribution in [0.25, 0.3) is 11.2 Å². The zero-order chi connectivity index (χ0) is 42.7. The topological polar surface area (TPSA) is 203 Å². The fourth-order valence-corrected chi connectivity index (χ4v) is 7.95. The molecule has 0 saturated carbocycles. The molecule has 6 N–H and O–H groups in total. The second kappa shape index (κ2) is 19.3. The van der Waals surface area contributed by atoms with Crippen LogP contribution in [0.2, 0.25) is 0 Å². The first-order valence-electron chi connectivity index (χ1n) is 19.4. The van der Waals surface area contributed by atoms with Gasteiger partial charge in [0, 0.05) is 30.0 Å². The molecule has 14 nitrogen and oxygen atoms in total. The number of ether oxygens (including phenoxy) is 2. The van der Waals surface area contributed by atoms with Gasteiger partial charge < -0.3 is 31.2 Å². The maximum absolute atomic E-state index is 13.4. The summed E-state index contributed by atoms with van der Waals surface area (Å²) in [5, 5.41) is 8.97. The van der Waals surface area contributed by atoms with Crippen LogP contribution in [0.1, 0.15) is 66.4 Å². The molecule has 2 amide bonds. The van der Waals surface area contributed by atoms with Crippen LogP contribution in [0.4, 0.5) is 11.6 Å². The van der Waals surface area contributed by atoms with Gasteiger partial charge in [-0.05, 0) is 80.3 Å². The average molecular weight is 829 g/mol. The number of hydrogen-bond donors (Lipinski definition) is 5. The third-order valence-electron chi connectivity index (χ3n) is 9.36. The summed E-state index contributed by atoms with van der Waals surface area (Å²) >= 11 is 1.71. The highest BCUT2D eigenvalue weighted by atomic mass is 32.2. The van der Waals surface area contributed by atoms with Gasteiger partial charge in [-0.15, -0.1) is 11.8 Å². The molecule has 0 bridgehead atoms. The fraction of sp³-hybridized carbons (Fsp3) is 0.267. The molecule has 0 unspecified atom stereocenters. The third-order valence-corrected chi connectivity index (χ3v) is 10.9. The van der Waals surface area contributed by atoms with Gasteiger partial charge in [-0.2, -0.15) is 4.98 Å². The maximum atomic E-state index is 13.4. The molecule has 1 atom stereocenters. The fourth-order valence-electron chi connectivity index (χ4n) is 6.53. The lowest BCUT2D eigenvalue weighted by Crippen LogP contribution is -2.45. The van der Waals surface area contributed by atoms with E-state index in [-0.39, 0.29) is 42.4 Å². The van der Waals surface area contributed by atoms with Crippen LogP contribution in [0, 0.1) is 0 Å². The minimum atomic E-state index is -1.08. The number of fused-ring (bicyclic) bond motifs is 1. The highest BCUT2D eigenvalue weighted by molar-refractivity contribution is 8.00. The number of amides is 2. The monoisotopic (exact) mass is 828 g/mol. The molecule has 4 aromatic carbocycles. The molecule has 0 saturated heterocycles. The van der Waals surface area contributed by atoms with Crippen molar-refractivity contribution in [1.29, 1.82) is 0 Å². The number of aromatic amines is 1. The largest absolute Gasteiger partial charge is 0.497 e. The van der Waals surface area contributed by atoms with Crippen molar-refractivity contribution in [2.24, 2.45) is 0 Å². The highest BCUT2D eigenvalue weighted by Crippen LogP contribution is 2.48. The Morgan fingerprint density at radius 2 is 1.48 bits per heavy atom. The van der Waals surface area contributed by atoms with Crippen molar-refractivity contribution >= 4 is 52.3 Å². The van der Waals surface area contributed by atoms with E-state index in [9.17, 15) is 19.2 Å². The summed E-state index contributed by atoms with van der Waals surface area (Å²) < 4.78 is 10.5. The number of methoxy groups -OCH3 is 1. The van der Waals surface area contributed by atoms with Crippen molar-refractivity contribution in [3.63, 3.8) is 0 Å². The standard InChI is InChI=1S/C45H48N8O6S/c1-44(2,3)59-42(57)36(51-40(55)29-15-19-33(20-16-29)48-27-34-28-49-39-38(50-34)41(56)53-43(46)52-39)23-24-37(54)47-25-26-60-45(30-11-7-5-8-12-30,31-13-9-6-10-14-31)32-17-21-35(58-4)22-18-32/h5-22,28,36,48H,23-27H2,1-4H3,(H,47,54)(H,51,55)(H3,46,49,52,53,56)/t36-/m0/s1. The molecule has 0 aliphatic heterocycles. The number of H-pyrrole nitrogens is 1. The van der Waals surface area contributed by atoms with Gasteiger partial charge in [-0.1, -0.05) is 72.8 Å². The highest BCUT2D eigenvalue weighted by Gasteiger charge is 2.37. The van der Waals surface area contributed by atoms with Crippen LogP contribution in [-0.4, -0.2) is 68.8 Å². The van der Waals surface area contributed by atoms with E-state index >= 15 is 0 Å². The number of hydrogen-bond acceptors (Lipinski definition) is 12. The summed E-state index contributed by atoms with van der Waals surface area (Å²) in [5.74, 6) is -0.116. The molecule has 2 aromatic heterocycles. The Bertz CT molecular complexity index is 2420. The summed E-state index contributed by atoms with van der Waals surface area (Å²) in [7, 11) is 1.64. The van der Waals surface area contributed by atoms with E-state index < -0.39 is 33.8 Å². The normalized spacial score (nSPS) is 12.0. The minimum Gasteiger partial charge on any atom is -0.497 e. The van der Waals surface area contributed by atoms with E-state index in [2.05, 4.69) is 72.3 Å². The first kappa shape index (κ1) is 42.9. The number of nitrogens with zero attached hydrogens (tertiary/aromatic N) is 3. The molecule has 15 heteroatoms. The Labute approximate surface area is 352 Å². The molecular formula is C45H48N8O6S. The summed E-state index contributed by atoms with van der Waals surface area (Å²) in [5.41, 5.74) is 9.22. The first-order valence-corrected chi connectivity index (χ1v) is 20.4. The van der Waals surface area contributed by atoms with Gasteiger partial charge in [0.05, 0.1) is 30.3 Å². The van der Waals surface area contributed by atoms with Crippen LogP contribution < -0.4 is 32.0 Å². The van der Waals surface area contributed by atoms with Crippen LogP contribution in [-0.2, 0) is 25.6 Å². The first-order chi connectivity index (χ1) is 28.8. The number of aromatic nitrogens is 4. The summed E-state index contributed by atoms with van der Waals surface area (Å²) in [4.78, 5) is 67.1. The summed E-state index contributed by atoms with van der Waals surface area (Å²) in [6.07, 6.45) is 1.50. The van der Waals surface area contributed by atoms with Gasteiger partial charge in [0.2, 0.25) is 11.9 Å². The van der Waals surface area contributed by atoms with Crippen LogP contribution in [0.15, 0.2) is 120 Å². The summed E-state index contributed by atoms with van der Waals surface area (Å²) in [6, 6.07) is 34.1. The zero-order valence-corrected chi connectivity index (χ0v) is 34.7. The van der Waals surface area contributed by atoms with Gasteiger partial charge in [0.1, 0.15) is 17.4 Å². The van der Waals surface area contributed by atoms with Crippen molar-refractivity contribution < 1.29 is 23.9 Å². The Balaban J connectivity index is 1.07. The number of nitrogen functional groups attached to an aromatic ring is 1. The second-order valence-electron chi connectivity index (χ2n) is 14.9. The number of esters is 1. The SMILES string of the molecule is COc1ccc(C(SCCNC(=O)CC[C@H](NC(=O)c2ccc(NCc3cnc4nc(N)[nH]c(=O)c4n3)cc2)C(=O)OC(C)(C)C)(c2ccccc2)c2ccccc2)cc1.